The molecular weight excluding hydrogens is 252 g/mol. The number of halogens is 1. The van der Waals surface area contributed by atoms with E-state index in [4.69, 9.17) is 16.0 Å². The van der Waals surface area contributed by atoms with Crippen molar-refractivity contribution in [1.29, 1.82) is 0 Å². The second-order valence-corrected chi connectivity index (χ2v) is 4.24. The van der Waals surface area contributed by atoms with E-state index in [1.54, 1.807) is 6.07 Å². The molecule has 18 heavy (non-hydrogen) atoms. The molecule has 0 aliphatic rings. The molecule has 2 rings (SSSR count). The van der Waals surface area contributed by atoms with Crippen LogP contribution in [-0.2, 0) is 0 Å². The number of nitrogens with one attached hydrogen (secondary N) is 2. The summed E-state index contributed by atoms with van der Waals surface area (Å²) < 4.78 is 5.50. The maximum atomic E-state index is 6.03. The summed E-state index contributed by atoms with van der Waals surface area (Å²) in [5, 5.41) is 14.7. The number of hydrogen-bond donors (Lipinski definition) is 2. The van der Waals surface area contributed by atoms with E-state index in [1.165, 1.54) is 0 Å². The SMILES string of the molecule is CCNC(C)c1nnc(Nc2ccccc2Cl)o1. The maximum Gasteiger partial charge on any atom is 0.320 e. The molecule has 1 aromatic carbocycles. The summed E-state index contributed by atoms with van der Waals surface area (Å²) in [5.74, 6) is 0.548. The molecule has 0 aliphatic heterocycles. The van der Waals surface area contributed by atoms with E-state index >= 15 is 0 Å². The predicted octanol–water partition coefficient (Wildman–Crippen LogP) is 3.14. The smallest absolute Gasteiger partial charge is 0.320 e. The highest BCUT2D eigenvalue weighted by Crippen LogP contribution is 2.24. The Morgan fingerprint density at radius 1 is 1.33 bits per heavy atom. The van der Waals surface area contributed by atoms with Crippen LogP contribution in [0.4, 0.5) is 11.7 Å². The van der Waals surface area contributed by atoms with Crippen LogP contribution in [0, 0.1) is 0 Å². The molecule has 6 heteroatoms. The highest BCUT2D eigenvalue weighted by molar-refractivity contribution is 6.33. The Hall–Kier alpha value is -1.59. The van der Waals surface area contributed by atoms with Gasteiger partial charge in [-0.1, -0.05) is 35.8 Å². The van der Waals surface area contributed by atoms with E-state index in [2.05, 4.69) is 20.8 Å². The second kappa shape index (κ2) is 5.84. The van der Waals surface area contributed by atoms with Crippen LogP contribution in [0.2, 0.25) is 5.02 Å². The van der Waals surface area contributed by atoms with Gasteiger partial charge in [0.1, 0.15) is 0 Å². The summed E-state index contributed by atoms with van der Waals surface area (Å²) in [5.41, 5.74) is 0.741. The van der Waals surface area contributed by atoms with E-state index in [-0.39, 0.29) is 6.04 Å². The summed E-state index contributed by atoms with van der Waals surface area (Å²) in [7, 11) is 0. The lowest BCUT2D eigenvalue weighted by molar-refractivity contribution is 0.430. The number of anilines is 2. The Labute approximate surface area is 111 Å². The van der Waals surface area contributed by atoms with E-state index < -0.39 is 0 Å². The number of nitrogens with zero attached hydrogens (tertiary/aromatic N) is 2. The van der Waals surface area contributed by atoms with Crippen molar-refractivity contribution in [3.63, 3.8) is 0 Å². The van der Waals surface area contributed by atoms with E-state index in [1.807, 2.05) is 32.0 Å². The largest absolute Gasteiger partial charge is 0.406 e. The Morgan fingerprint density at radius 2 is 2.11 bits per heavy atom. The molecule has 2 aromatic rings. The maximum absolute atomic E-state index is 6.03. The molecule has 0 aliphatic carbocycles. The summed E-state index contributed by atoms with van der Waals surface area (Å²) in [4.78, 5) is 0. The van der Waals surface area contributed by atoms with Crippen LogP contribution >= 0.6 is 11.6 Å². The molecule has 1 atom stereocenters. The fourth-order valence-electron chi connectivity index (χ4n) is 1.53. The molecule has 0 bridgehead atoms. The van der Waals surface area contributed by atoms with Crippen LogP contribution < -0.4 is 10.6 Å². The van der Waals surface area contributed by atoms with Crippen molar-refractivity contribution in [1.82, 2.24) is 15.5 Å². The van der Waals surface area contributed by atoms with Crippen LogP contribution in [0.15, 0.2) is 28.7 Å². The number of para-hydroxylation sites is 1. The average molecular weight is 267 g/mol. The zero-order chi connectivity index (χ0) is 13.0. The van der Waals surface area contributed by atoms with Gasteiger partial charge >= 0.3 is 6.01 Å². The minimum absolute atomic E-state index is 0.0318. The van der Waals surface area contributed by atoms with Gasteiger partial charge in [-0.2, -0.15) is 0 Å². The molecule has 0 fully saturated rings. The van der Waals surface area contributed by atoms with Gasteiger partial charge in [-0.15, -0.1) is 5.10 Å². The van der Waals surface area contributed by atoms with Gasteiger partial charge in [-0.25, -0.2) is 0 Å². The lowest BCUT2D eigenvalue weighted by atomic mass is 10.3. The number of aromatic nitrogens is 2. The van der Waals surface area contributed by atoms with Gasteiger partial charge in [-0.05, 0) is 25.6 Å². The van der Waals surface area contributed by atoms with Crippen molar-refractivity contribution in [2.75, 3.05) is 11.9 Å². The highest BCUT2D eigenvalue weighted by atomic mass is 35.5. The van der Waals surface area contributed by atoms with Crippen molar-refractivity contribution >= 4 is 23.3 Å². The first-order valence-corrected chi connectivity index (χ1v) is 6.17. The lowest BCUT2D eigenvalue weighted by Crippen LogP contribution is -2.17. The van der Waals surface area contributed by atoms with Gasteiger partial charge < -0.3 is 15.1 Å². The quantitative estimate of drug-likeness (QED) is 0.870. The van der Waals surface area contributed by atoms with Crippen molar-refractivity contribution < 1.29 is 4.42 Å². The number of rotatable bonds is 5. The fourth-order valence-corrected chi connectivity index (χ4v) is 1.71. The monoisotopic (exact) mass is 266 g/mol. The standard InChI is InChI=1S/C12H15ClN4O/c1-3-14-8(2)11-16-17-12(18-11)15-10-7-5-4-6-9(10)13/h4-8,14H,3H2,1-2H3,(H,15,17). The lowest BCUT2D eigenvalue weighted by Gasteiger charge is -2.06. The molecule has 96 valence electrons. The Bertz CT molecular complexity index is 514. The predicted molar refractivity (Wildman–Crippen MR) is 71.1 cm³/mol. The zero-order valence-corrected chi connectivity index (χ0v) is 11.0. The molecule has 0 amide bonds. The van der Waals surface area contributed by atoms with Crippen LogP contribution in [0.1, 0.15) is 25.8 Å². The zero-order valence-electron chi connectivity index (χ0n) is 10.3. The fraction of sp³-hybridized carbons (Fsp3) is 0.333. The third-order valence-electron chi connectivity index (χ3n) is 2.44. The third kappa shape index (κ3) is 3.00. The Kier molecular flexibility index (Phi) is 4.17. The van der Waals surface area contributed by atoms with Gasteiger partial charge in [0.15, 0.2) is 0 Å². The second-order valence-electron chi connectivity index (χ2n) is 3.83. The number of hydrogen-bond acceptors (Lipinski definition) is 5. The molecule has 1 unspecified atom stereocenters. The highest BCUT2D eigenvalue weighted by Gasteiger charge is 2.13. The van der Waals surface area contributed by atoms with Gasteiger partial charge in [0.05, 0.1) is 16.8 Å². The molecule has 0 radical (unpaired) electrons. The minimum Gasteiger partial charge on any atom is -0.406 e. The Morgan fingerprint density at radius 3 is 2.83 bits per heavy atom. The van der Waals surface area contributed by atoms with Crippen molar-refractivity contribution in [2.24, 2.45) is 0 Å². The number of benzene rings is 1. The third-order valence-corrected chi connectivity index (χ3v) is 2.77. The first kappa shape index (κ1) is 12.9. The molecule has 1 heterocycles. The normalized spacial score (nSPS) is 12.4. The first-order valence-electron chi connectivity index (χ1n) is 5.79. The summed E-state index contributed by atoms with van der Waals surface area (Å²) in [6, 6.07) is 7.75. The topological polar surface area (TPSA) is 63.0 Å². The van der Waals surface area contributed by atoms with Crippen LogP contribution in [-0.4, -0.2) is 16.7 Å². The average Bonchev–Trinajstić information content (AvgIpc) is 2.81. The summed E-state index contributed by atoms with van der Waals surface area (Å²) >= 11 is 6.03. The molecular formula is C12H15ClN4O. The summed E-state index contributed by atoms with van der Waals surface area (Å²) in [6.45, 7) is 4.84. The van der Waals surface area contributed by atoms with Gasteiger partial charge in [0.2, 0.25) is 5.89 Å². The van der Waals surface area contributed by atoms with Crippen molar-refractivity contribution in [3.05, 3.63) is 35.2 Å². The molecule has 2 N–H and O–H groups in total. The van der Waals surface area contributed by atoms with Crippen molar-refractivity contribution in [2.45, 2.75) is 19.9 Å². The van der Waals surface area contributed by atoms with E-state index in [9.17, 15) is 0 Å². The molecule has 0 saturated heterocycles. The van der Waals surface area contributed by atoms with Crippen molar-refractivity contribution in [3.8, 4) is 0 Å². The van der Waals surface area contributed by atoms with Crippen LogP contribution in [0.5, 0.6) is 0 Å². The Balaban J connectivity index is 2.09. The minimum atomic E-state index is 0.0318. The van der Waals surface area contributed by atoms with Gasteiger partial charge in [-0.3, -0.25) is 0 Å². The van der Waals surface area contributed by atoms with E-state index in [0.717, 1.165) is 12.2 Å². The molecule has 0 saturated carbocycles. The van der Waals surface area contributed by atoms with Gasteiger partial charge in [0, 0.05) is 0 Å². The van der Waals surface area contributed by atoms with Crippen LogP contribution in [0.25, 0.3) is 0 Å². The molecule has 0 spiro atoms. The molecule has 5 nitrogen and oxygen atoms in total. The summed E-state index contributed by atoms with van der Waals surface area (Å²) in [6.07, 6.45) is 0. The first-order chi connectivity index (χ1) is 8.70. The van der Waals surface area contributed by atoms with Crippen LogP contribution in [0.3, 0.4) is 0 Å². The van der Waals surface area contributed by atoms with E-state index in [0.29, 0.717) is 16.9 Å². The molecule has 1 aromatic heterocycles. The van der Waals surface area contributed by atoms with Gasteiger partial charge in [0.25, 0.3) is 0 Å².